The smallest absolute Gasteiger partial charge is 0.236 e. The summed E-state index contributed by atoms with van der Waals surface area (Å²) < 4.78 is 1.76. The first-order chi connectivity index (χ1) is 5.84. The highest BCUT2D eigenvalue weighted by atomic mass is 32.1. The predicted molar refractivity (Wildman–Crippen MR) is 45.0 cm³/mol. The van der Waals surface area contributed by atoms with E-state index in [2.05, 4.69) is 15.3 Å². The van der Waals surface area contributed by atoms with Gasteiger partial charge in [0.25, 0.3) is 0 Å². The predicted octanol–water partition coefficient (Wildman–Crippen LogP) is 0.645. The Hall–Kier alpha value is -1.17. The van der Waals surface area contributed by atoms with Crippen molar-refractivity contribution in [1.29, 1.82) is 0 Å². The van der Waals surface area contributed by atoms with E-state index in [1.54, 1.807) is 4.52 Å². The van der Waals surface area contributed by atoms with Crippen LogP contribution in [-0.2, 0) is 0 Å². The van der Waals surface area contributed by atoms with Gasteiger partial charge in [0.1, 0.15) is 0 Å². The lowest BCUT2D eigenvalue weighted by atomic mass is 10.4. The number of fused-ring (bicyclic) bond motifs is 1. The first-order valence-corrected chi connectivity index (χ1v) is 4.64. The van der Waals surface area contributed by atoms with E-state index in [0.717, 1.165) is 10.8 Å². The molecule has 0 radical (unpaired) electrons. The van der Waals surface area contributed by atoms with Crippen molar-refractivity contribution < 1.29 is 0 Å². The molecule has 1 fully saturated rings. The van der Waals surface area contributed by atoms with Gasteiger partial charge in [0.05, 0.1) is 0 Å². The van der Waals surface area contributed by atoms with Crippen molar-refractivity contribution in [2.75, 3.05) is 5.73 Å². The van der Waals surface area contributed by atoms with E-state index >= 15 is 0 Å². The summed E-state index contributed by atoms with van der Waals surface area (Å²) in [4.78, 5) is 0.800. The summed E-state index contributed by atoms with van der Waals surface area (Å²) in [6.45, 7) is 0. The van der Waals surface area contributed by atoms with Crippen molar-refractivity contribution >= 4 is 21.4 Å². The van der Waals surface area contributed by atoms with Gasteiger partial charge in [-0.15, -0.1) is 15.3 Å². The lowest BCUT2D eigenvalue weighted by Gasteiger charge is -1.87. The van der Waals surface area contributed by atoms with Crippen molar-refractivity contribution in [3.8, 4) is 0 Å². The van der Waals surface area contributed by atoms with E-state index in [1.165, 1.54) is 24.2 Å². The Morgan fingerprint density at radius 3 is 3.00 bits per heavy atom. The lowest BCUT2D eigenvalue weighted by molar-refractivity contribution is 0.829. The van der Waals surface area contributed by atoms with Crippen molar-refractivity contribution in [3.05, 3.63) is 5.82 Å². The number of aromatic nitrogens is 4. The molecule has 5 nitrogen and oxygen atoms in total. The minimum atomic E-state index is 0.557. The fraction of sp³-hybridized carbons (Fsp3) is 0.500. The number of hydrogen-bond acceptors (Lipinski definition) is 5. The van der Waals surface area contributed by atoms with E-state index < -0.39 is 0 Å². The fourth-order valence-corrected chi connectivity index (χ4v) is 1.85. The molecule has 0 amide bonds. The number of nitrogens with two attached hydrogens (primary N) is 1. The molecule has 0 spiro atoms. The average Bonchev–Trinajstić information content (AvgIpc) is 2.69. The molecule has 62 valence electrons. The Morgan fingerprint density at radius 1 is 1.42 bits per heavy atom. The van der Waals surface area contributed by atoms with Crippen LogP contribution in [0.4, 0.5) is 5.13 Å². The SMILES string of the molecule is Nc1nn2c(C3CC3)nnc2s1. The third-order valence-corrected chi connectivity index (χ3v) is 2.70. The molecule has 0 unspecified atom stereocenters. The van der Waals surface area contributed by atoms with Gasteiger partial charge in [-0.1, -0.05) is 11.3 Å². The van der Waals surface area contributed by atoms with Gasteiger partial charge in [-0.2, -0.15) is 4.52 Å². The summed E-state index contributed by atoms with van der Waals surface area (Å²) in [7, 11) is 0. The molecule has 2 heterocycles. The molecular formula is C6H7N5S. The second-order valence-electron chi connectivity index (χ2n) is 2.97. The van der Waals surface area contributed by atoms with Crippen LogP contribution >= 0.6 is 11.3 Å². The summed E-state index contributed by atoms with van der Waals surface area (Å²) in [6, 6.07) is 0. The third kappa shape index (κ3) is 0.752. The second-order valence-corrected chi connectivity index (χ2v) is 3.95. The molecule has 12 heavy (non-hydrogen) atoms. The second kappa shape index (κ2) is 1.95. The maximum atomic E-state index is 5.54. The maximum absolute atomic E-state index is 5.54. The minimum Gasteiger partial charge on any atom is -0.374 e. The van der Waals surface area contributed by atoms with Crippen LogP contribution in [0.2, 0.25) is 0 Å². The largest absolute Gasteiger partial charge is 0.374 e. The highest BCUT2D eigenvalue weighted by molar-refractivity contribution is 7.20. The summed E-state index contributed by atoms with van der Waals surface area (Å²) >= 11 is 1.37. The van der Waals surface area contributed by atoms with Crippen molar-refractivity contribution in [3.63, 3.8) is 0 Å². The normalized spacial score (nSPS) is 17.3. The molecule has 3 rings (SSSR count). The van der Waals surface area contributed by atoms with E-state index in [4.69, 9.17) is 5.73 Å². The van der Waals surface area contributed by atoms with Crippen LogP contribution in [0.25, 0.3) is 4.96 Å². The highest BCUT2D eigenvalue weighted by Crippen LogP contribution is 2.39. The molecule has 0 aromatic carbocycles. The van der Waals surface area contributed by atoms with Gasteiger partial charge in [0.2, 0.25) is 10.1 Å². The molecule has 1 saturated carbocycles. The fourth-order valence-electron chi connectivity index (χ4n) is 1.24. The Kier molecular flexibility index (Phi) is 1.03. The molecule has 0 atom stereocenters. The van der Waals surface area contributed by atoms with Gasteiger partial charge in [-0.25, -0.2) is 0 Å². The lowest BCUT2D eigenvalue weighted by Crippen LogP contribution is -1.94. The summed E-state index contributed by atoms with van der Waals surface area (Å²) in [5, 5.41) is 12.7. The molecule has 0 saturated heterocycles. The van der Waals surface area contributed by atoms with E-state index in [9.17, 15) is 0 Å². The molecule has 2 aromatic heterocycles. The van der Waals surface area contributed by atoms with Crippen molar-refractivity contribution in [1.82, 2.24) is 19.8 Å². The topological polar surface area (TPSA) is 69.1 Å². The van der Waals surface area contributed by atoms with Gasteiger partial charge in [0, 0.05) is 5.92 Å². The molecule has 0 bridgehead atoms. The maximum Gasteiger partial charge on any atom is 0.236 e. The molecule has 2 N–H and O–H groups in total. The monoisotopic (exact) mass is 181 g/mol. The standard InChI is InChI=1S/C6H7N5S/c7-5-10-11-4(3-1-2-3)8-9-6(11)12-5/h3H,1-2H2,(H2,7,10). The number of nitrogens with zero attached hydrogens (tertiary/aromatic N) is 4. The summed E-state index contributed by atoms with van der Waals surface area (Å²) in [6.07, 6.45) is 2.41. The van der Waals surface area contributed by atoms with Crippen LogP contribution < -0.4 is 5.73 Å². The highest BCUT2D eigenvalue weighted by Gasteiger charge is 2.29. The third-order valence-electron chi connectivity index (χ3n) is 1.97. The van der Waals surface area contributed by atoms with Crippen LogP contribution in [0, 0.1) is 0 Å². The van der Waals surface area contributed by atoms with E-state index in [0.29, 0.717) is 11.0 Å². The van der Waals surface area contributed by atoms with Crippen LogP contribution in [0.5, 0.6) is 0 Å². The quantitative estimate of drug-likeness (QED) is 0.701. The zero-order valence-electron chi connectivity index (χ0n) is 6.27. The van der Waals surface area contributed by atoms with Gasteiger partial charge < -0.3 is 5.73 Å². The van der Waals surface area contributed by atoms with Gasteiger partial charge in [-0.05, 0) is 12.8 Å². The van der Waals surface area contributed by atoms with Gasteiger partial charge >= 0.3 is 0 Å². The minimum absolute atomic E-state index is 0.557. The summed E-state index contributed by atoms with van der Waals surface area (Å²) in [5.74, 6) is 1.54. The Bertz CT molecular complexity index is 426. The Morgan fingerprint density at radius 2 is 2.25 bits per heavy atom. The zero-order valence-corrected chi connectivity index (χ0v) is 7.08. The average molecular weight is 181 g/mol. The van der Waals surface area contributed by atoms with Gasteiger partial charge in [0.15, 0.2) is 5.82 Å². The van der Waals surface area contributed by atoms with Crippen LogP contribution in [0.1, 0.15) is 24.6 Å². The molecule has 0 aliphatic heterocycles. The Labute approximate surface area is 72.2 Å². The molecule has 6 heteroatoms. The number of hydrogen-bond donors (Lipinski definition) is 1. The van der Waals surface area contributed by atoms with E-state index in [1.807, 2.05) is 0 Å². The molecule has 2 aromatic rings. The van der Waals surface area contributed by atoms with Crippen molar-refractivity contribution in [2.45, 2.75) is 18.8 Å². The first kappa shape index (κ1) is 6.36. The molecular weight excluding hydrogens is 174 g/mol. The van der Waals surface area contributed by atoms with Gasteiger partial charge in [-0.3, -0.25) is 0 Å². The van der Waals surface area contributed by atoms with E-state index in [-0.39, 0.29) is 0 Å². The zero-order chi connectivity index (χ0) is 8.13. The molecule has 1 aliphatic rings. The van der Waals surface area contributed by atoms with Crippen LogP contribution in [0.3, 0.4) is 0 Å². The first-order valence-electron chi connectivity index (χ1n) is 3.82. The number of anilines is 1. The van der Waals surface area contributed by atoms with Crippen LogP contribution in [0.15, 0.2) is 0 Å². The van der Waals surface area contributed by atoms with Crippen LogP contribution in [-0.4, -0.2) is 19.8 Å². The number of nitrogen functional groups attached to an aromatic ring is 1. The number of rotatable bonds is 1. The molecule has 1 aliphatic carbocycles. The Balaban J connectivity index is 2.28. The summed E-state index contributed by atoms with van der Waals surface area (Å²) in [5.41, 5.74) is 5.54. The van der Waals surface area contributed by atoms with Crippen molar-refractivity contribution in [2.24, 2.45) is 0 Å².